The minimum Gasteiger partial charge on any atom is -0.357 e. The Balaban J connectivity index is 1.59. The Morgan fingerprint density at radius 3 is 2.19 bits per heavy atom. The Kier molecular flexibility index (Phi) is 2.91. The van der Waals surface area contributed by atoms with Crippen molar-refractivity contribution in [1.29, 1.82) is 5.41 Å². The minimum absolute atomic E-state index is 0.605. The molecule has 16 heavy (non-hydrogen) atoms. The third-order valence-corrected chi connectivity index (χ3v) is 4.44. The Morgan fingerprint density at radius 2 is 1.62 bits per heavy atom. The summed E-state index contributed by atoms with van der Waals surface area (Å²) in [5.74, 6) is 2.55. The molecule has 0 bridgehead atoms. The van der Waals surface area contributed by atoms with Gasteiger partial charge in [0.05, 0.1) is 5.84 Å². The van der Waals surface area contributed by atoms with Gasteiger partial charge in [-0.25, -0.2) is 0 Å². The molecular formula is C14H24N2. The summed E-state index contributed by atoms with van der Waals surface area (Å²) in [7, 11) is 0. The van der Waals surface area contributed by atoms with Crippen molar-refractivity contribution in [2.45, 2.75) is 63.8 Å². The zero-order chi connectivity index (χ0) is 11.0. The number of nitrogens with one attached hydrogen (secondary N) is 1. The Bertz CT molecular complexity index is 260. The summed E-state index contributed by atoms with van der Waals surface area (Å²) in [4.78, 5) is 2.48. The molecule has 0 aromatic rings. The predicted octanol–water partition coefficient (Wildman–Crippen LogP) is 3.42. The molecule has 3 aliphatic rings. The average molecular weight is 220 g/mol. The number of rotatable bonds is 4. The van der Waals surface area contributed by atoms with E-state index < -0.39 is 0 Å². The van der Waals surface area contributed by atoms with Gasteiger partial charge in [0.1, 0.15) is 0 Å². The zero-order valence-electron chi connectivity index (χ0n) is 10.3. The highest BCUT2D eigenvalue weighted by molar-refractivity contribution is 5.82. The minimum atomic E-state index is 0.605. The zero-order valence-corrected chi connectivity index (χ0v) is 10.3. The monoisotopic (exact) mass is 220 g/mol. The van der Waals surface area contributed by atoms with Crippen LogP contribution in [-0.4, -0.2) is 23.3 Å². The first kappa shape index (κ1) is 10.6. The molecule has 0 unspecified atom stereocenters. The molecule has 3 rings (SSSR count). The summed E-state index contributed by atoms with van der Waals surface area (Å²) >= 11 is 0. The van der Waals surface area contributed by atoms with Crippen molar-refractivity contribution in [3.05, 3.63) is 0 Å². The smallest absolute Gasteiger partial charge is 0.0992 e. The lowest BCUT2D eigenvalue weighted by Crippen LogP contribution is -2.39. The van der Waals surface area contributed by atoms with E-state index in [1.807, 2.05) is 0 Å². The van der Waals surface area contributed by atoms with Crippen LogP contribution in [0.4, 0.5) is 0 Å². The van der Waals surface area contributed by atoms with Gasteiger partial charge in [0, 0.05) is 18.5 Å². The van der Waals surface area contributed by atoms with E-state index in [2.05, 4.69) is 4.90 Å². The maximum absolute atomic E-state index is 8.46. The second kappa shape index (κ2) is 4.38. The lowest BCUT2D eigenvalue weighted by molar-refractivity contribution is 0.335. The Hall–Kier alpha value is -0.530. The first-order valence-electron chi connectivity index (χ1n) is 7.19. The van der Waals surface area contributed by atoms with Gasteiger partial charge in [-0.1, -0.05) is 19.3 Å². The number of amidine groups is 1. The van der Waals surface area contributed by atoms with Crippen molar-refractivity contribution >= 4 is 5.84 Å². The van der Waals surface area contributed by atoms with Crippen LogP contribution < -0.4 is 0 Å². The fraction of sp³-hybridized carbons (Fsp3) is 0.929. The molecule has 0 aliphatic heterocycles. The van der Waals surface area contributed by atoms with E-state index in [0.717, 1.165) is 17.8 Å². The summed E-state index contributed by atoms with van der Waals surface area (Å²) in [5, 5.41) is 8.46. The van der Waals surface area contributed by atoms with Crippen LogP contribution in [0.3, 0.4) is 0 Å². The quantitative estimate of drug-likeness (QED) is 0.570. The Labute approximate surface area is 98.9 Å². The molecule has 3 aliphatic carbocycles. The van der Waals surface area contributed by atoms with E-state index in [9.17, 15) is 0 Å². The molecule has 90 valence electrons. The van der Waals surface area contributed by atoms with E-state index in [-0.39, 0.29) is 0 Å². The average Bonchev–Trinajstić information content (AvgIpc) is 3.16. The van der Waals surface area contributed by atoms with Crippen molar-refractivity contribution in [2.75, 3.05) is 6.54 Å². The highest BCUT2D eigenvalue weighted by Gasteiger charge is 2.37. The number of hydrogen-bond donors (Lipinski definition) is 1. The molecule has 0 radical (unpaired) electrons. The molecule has 0 atom stereocenters. The van der Waals surface area contributed by atoms with Crippen LogP contribution in [0.5, 0.6) is 0 Å². The maximum Gasteiger partial charge on any atom is 0.0992 e. The van der Waals surface area contributed by atoms with E-state index >= 15 is 0 Å². The fourth-order valence-electron chi connectivity index (χ4n) is 3.02. The summed E-state index contributed by atoms with van der Waals surface area (Å²) in [6, 6.07) is 0.759. The van der Waals surface area contributed by atoms with Gasteiger partial charge in [-0.15, -0.1) is 0 Å². The van der Waals surface area contributed by atoms with E-state index in [0.29, 0.717) is 5.92 Å². The molecule has 3 fully saturated rings. The molecular weight excluding hydrogens is 196 g/mol. The summed E-state index contributed by atoms with van der Waals surface area (Å²) in [6.45, 7) is 1.21. The third kappa shape index (κ3) is 2.41. The maximum atomic E-state index is 8.46. The third-order valence-electron chi connectivity index (χ3n) is 4.44. The molecule has 0 heterocycles. The van der Waals surface area contributed by atoms with Crippen molar-refractivity contribution in [3.63, 3.8) is 0 Å². The molecule has 2 nitrogen and oxygen atoms in total. The van der Waals surface area contributed by atoms with Crippen molar-refractivity contribution in [1.82, 2.24) is 4.90 Å². The van der Waals surface area contributed by atoms with Crippen molar-refractivity contribution in [3.8, 4) is 0 Å². The molecule has 0 amide bonds. The highest BCUT2D eigenvalue weighted by Crippen LogP contribution is 2.37. The van der Waals surface area contributed by atoms with Gasteiger partial charge in [0.25, 0.3) is 0 Å². The van der Waals surface area contributed by atoms with Gasteiger partial charge in [-0.3, -0.25) is 5.41 Å². The lowest BCUT2D eigenvalue weighted by atomic mass is 9.88. The van der Waals surface area contributed by atoms with Gasteiger partial charge < -0.3 is 4.90 Å². The second-order valence-electron chi connectivity index (χ2n) is 6.05. The topological polar surface area (TPSA) is 27.1 Å². The molecule has 3 saturated carbocycles. The van der Waals surface area contributed by atoms with Crippen LogP contribution in [0.1, 0.15) is 57.8 Å². The van der Waals surface area contributed by atoms with Crippen LogP contribution in [0.2, 0.25) is 0 Å². The molecule has 0 aromatic heterocycles. The summed E-state index contributed by atoms with van der Waals surface area (Å²) < 4.78 is 0. The number of hydrogen-bond acceptors (Lipinski definition) is 1. The van der Waals surface area contributed by atoms with E-state index in [1.165, 1.54) is 64.3 Å². The van der Waals surface area contributed by atoms with Gasteiger partial charge in [-0.2, -0.15) is 0 Å². The van der Waals surface area contributed by atoms with Crippen LogP contribution in [0, 0.1) is 17.2 Å². The fourth-order valence-corrected chi connectivity index (χ4v) is 3.02. The van der Waals surface area contributed by atoms with Gasteiger partial charge in [0.15, 0.2) is 0 Å². The summed E-state index contributed by atoms with van der Waals surface area (Å²) in [5.41, 5.74) is 0. The molecule has 0 spiro atoms. The lowest BCUT2D eigenvalue weighted by Gasteiger charge is -2.32. The molecule has 0 aromatic carbocycles. The SMILES string of the molecule is N=C(C1CCCCC1)N(CC1CC1)C1CC1. The number of nitrogens with zero attached hydrogens (tertiary/aromatic N) is 1. The van der Waals surface area contributed by atoms with Gasteiger partial charge in [0.2, 0.25) is 0 Å². The van der Waals surface area contributed by atoms with Gasteiger partial charge in [-0.05, 0) is 44.4 Å². The van der Waals surface area contributed by atoms with E-state index in [1.54, 1.807) is 0 Å². The summed E-state index contributed by atoms with van der Waals surface area (Å²) in [6.07, 6.45) is 12.2. The second-order valence-corrected chi connectivity index (χ2v) is 6.05. The van der Waals surface area contributed by atoms with Crippen LogP contribution >= 0.6 is 0 Å². The standard InChI is InChI=1S/C14H24N2/c15-14(12-4-2-1-3-5-12)16(13-8-9-13)10-11-6-7-11/h11-13,15H,1-10H2. The van der Waals surface area contributed by atoms with Crippen molar-refractivity contribution in [2.24, 2.45) is 11.8 Å². The van der Waals surface area contributed by atoms with Crippen LogP contribution in [0.25, 0.3) is 0 Å². The van der Waals surface area contributed by atoms with Crippen LogP contribution in [0.15, 0.2) is 0 Å². The highest BCUT2D eigenvalue weighted by atomic mass is 15.2. The molecule has 1 N–H and O–H groups in total. The first-order chi connectivity index (χ1) is 7.84. The molecule has 2 heteroatoms. The Morgan fingerprint density at radius 1 is 0.938 bits per heavy atom. The molecule has 0 saturated heterocycles. The normalized spacial score (nSPS) is 26.8. The first-order valence-corrected chi connectivity index (χ1v) is 7.19. The van der Waals surface area contributed by atoms with E-state index in [4.69, 9.17) is 5.41 Å². The van der Waals surface area contributed by atoms with Crippen molar-refractivity contribution < 1.29 is 0 Å². The largest absolute Gasteiger partial charge is 0.357 e. The van der Waals surface area contributed by atoms with Crippen LogP contribution in [-0.2, 0) is 0 Å². The van der Waals surface area contributed by atoms with Gasteiger partial charge >= 0.3 is 0 Å². The predicted molar refractivity (Wildman–Crippen MR) is 66.8 cm³/mol.